The Kier molecular flexibility index (Phi) is 10.8. The maximum Gasteiger partial charge on any atom is 0.514 e. The Morgan fingerprint density at radius 2 is 1.75 bits per heavy atom. The number of aliphatic hydroxyl groups excluding tert-OH is 1. The van der Waals surface area contributed by atoms with Crippen LogP contribution in [0.4, 0.5) is 13.6 Å². The smallest absolute Gasteiger partial charge is 0.462 e. The van der Waals surface area contributed by atoms with E-state index in [4.69, 9.17) is 23.7 Å². The van der Waals surface area contributed by atoms with E-state index in [9.17, 15) is 34.4 Å². The predicted octanol–water partition coefficient (Wildman–Crippen LogP) is 5.82. The molecule has 0 bridgehead atoms. The molecule has 1 aromatic carbocycles. The summed E-state index contributed by atoms with van der Waals surface area (Å²) in [4.78, 5) is 66.4. The third kappa shape index (κ3) is 6.83. The van der Waals surface area contributed by atoms with Crippen molar-refractivity contribution in [2.75, 3.05) is 19.8 Å². The van der Waals surface area contributed by atoms with Crippen LogP contribution in [0.25, 0.3) is 0 Å². The molecule has 55 heavy (non-hydrogen) atoms. The van der Waals surface area contributed by atoms with Gasteiger partial charge in [-0.05, 0) is 114 Å². The van der Waals surface area contributed by atoms with E-state index in [1.165, 1.54) is 37.3 Å². The monoisotopic (exact) mass is 775 g/mol. The highest BCUT2D eigenvalue weighted by atomic mass is 19.1. The van der Waals surface area contributed by atoms with Gasteiger partial charge in [0.05, 0.1) is 31.0 Å². The summed E-state index contributed by atoms with van der Waals surface area (Å²) in [6.45, 7) is 7.37. The lowest BCUT2D eigenvalue weighted by molar-refractivity contribution is -0.757. The van der Waals surface area contributed by atoms with Gasteiger partial charge in [-0.1, -0.05) is 19.4 Å². The number of ketones is 2. The Morgan fingerprint density at radius 3 is 2.44 bits per heavy atom. The molecule has 2 unspecified atom stereocenters. The van der Waals surface area contributed by atoms with Gasteiger partial charge in [0, 0.05) is 16.7 Å². The number of hydrogen-bond donors (Lipinski definition) is 1. The number of alkyl halides is 2. The van der Waals surface area contributed by atoms with Crippen LogP contribution in [-0.2, 0) is 33.4 Å². The summed E-state index contributed by atoms with van der Waals surface area (Å²) in [6, 6.07) is 4.25. The van der Waals surface area contributed by atoms with Gasteiger partial charge in [-0.15, -0.1) is 10.1 Å². The van der Waals surface area contributed by atoms with Crippen molar-refractivity contribution in [1.29, 1.82) is 0 Å². The highest BCUT2D eigenvalue weighted by Crippen LogP contribution is 2.72. The average molecular weight is 776 g/mol. The van der Waals surface area contributed by atoms with Gasteiger partial charge in [-0.25, -0.2) is 18.4 Å². The van der Waals surface area contributed by atoms with Crippen molar-refractivity contribution in [3.05, 3.63) is 63.2 Å². The van der Waals surface area contributed by atoms with E-state index < -0.39 is 93.5 Å². The number of benzene rings is 1. The number of nitrogens with zero attached hydrogens (tertiary/aromatic N) is 1. The molecule has 1 N–H and O–H groups in total. The van der Waals surface area contributed by atoms with Crippen molar-refractivity contribution >= 4 is 23.7 Å². The lowest BCUT2D eigenvalue weighted by Gasteiger charge is -2.63. The van der Waals surface area contributed by atoms with Crippen molar-refractivity contribution in [2.45, 2.75) is 115 Å². The fourth-order valence-corrected chi connectivity index (χ4v) is 9.99. The molecule has 4 aliphatic carbocycles. The number of carbonyl (C=O) groups is 4. The quantitative estimate of drug-likeness (QED) is 0.0831. The molecule has 0 radical (unpaired) electrons. The maximum atomic E-state index is 17.7. The standard InChI is InChI=1S/C39H47F2NO13/c1-22-16-23(33(46)50-14-8-6-7-9-15-52-42(48)49)10-11-29(22)53-34(47)51-21-31(45)39-32(54-35(2,3)55-39)19-25-26-18-28(40)27-17-24(43)12-13-36(27,4)38(26,41)30(44)20-37(25,39)5/h10-13,16-17,25-26,28,30,32,44H,6-9,14-15,18-21H2,1-5H3/t25?,26?,28-,30-,32+,36-,37-,38-,39+/m0/s1. The van der Waals surface area contributed by atoms with Crippen LogP contribution in [0.3, 0.4) is 0 Å². The number of fused-ring (bicyclic) bond motifs is 7. The third-order valence-electron chi connectivity index (χ3n) is 12.4. The molecular formula is C39H47F2NO13. The second-order valence-corrected chi connectivity index (χ2v) is 16.1. The number of rotatable bonds is 13. The zero-order chi connectivity index (χ0) is 40.1. The molecule has 14 nitrogen and oxygen atoms in total. The minimum Gasteiger partial charge on any atom is -0.462 e. The zero-order valence-electron chi connectivity index (χ0n) is 31.5. The Balaban J connectivity index is 1.11. The van der Waals surface area contributed by atoms with Crippen molar-refractivity contribution in [3.8, 4) is 5.75 Å². The molecule has 0 aromatic heterocycles. The number of ether oxygens (including phenoxy) is 5. The summed E-state index contributed by atoms with van der Waals surface area (Å²) < 4.78 is 62.2. The molecule has 4 fully saturated rings. The first-order valence-electron chi connectivity index (χ1n) is 18.6. The van der Waals surface area contributed by atoms with Gasteiger partial charge in [0.25, 0.3) is 5.09 Å². The van der Waals surface area contributed by atoms with E-state index in [0.29, 0.717) is 31.2 Å². The van der Waals surface area contributed by atoms with Crippen LogP contribution in [0.15, 0.2) is 42.0 Å². The normalized spacial score (nSPS) is 35.4. The number of esters is 1. The van der Waals surface area contributed by atoms with Crippen LogP contribution in [0, 0.1) is 39.7 Å². The van der Waals surface area contributed by atoms with Crippen LogP contribution in [0.5, 0.6) is 5.75 Å². The van der Waals surface area contributed by atoms with E-state index in [-0.39, 0.29) is 49.4 Å². The number of aryl methyl sites for hydroxylation is 1. The van der Waals surface area contributed by atoms with Crippen LogP contribution in [0.1, 0.15) is 88.6 Å². The number of Topliss-reactive ketones (excluding diaryl/α,β-unsaturated/α-hetero) is 1. The van der Waals surface area contributed by atoms with Crippen molar-refractivity contribution in [1.82, 2.24) is 0 Å². The van der Waals surface area contributed by atoms with Gasteiger partial charge < -0.3 is 33.6 Å². The van der Waals surface area contributed by atoms with Gasteiger partial charge in [0.2, 0.25) is 5.78 Å². The number of hydrogen-bond acceptors (Lipinski definition) is 13. The molecule has 5 aliphatic rings. The molecule has 1 aromatic rings. The SMILES string of the molecule is Cc1cc(C(=O)OCCCCCCO[N+](=O)[O-])ccc1OC(=O)OCC(=O)[C@@]12OC(C)(C)O[C@@H]1CC1C3C[C@H](F)C4=CC(=O)C=C[C@]4(C)[C@@]3(F)[C@@H](O)C[C@@]12C. The minimum absolute atomic E-state index is 0.00654. The molecule has 1 aliphatic heterocycles. The molecular weight excluding hydrogens is 728 g/mol. The fourth-order valence-electron chi connectivity index (χ4n) is 9.99. The first-order chi connectivity index (χ1) is 25.8. The fraction of sp³-hybridized carbons (Fsp3) is 0.641. The van der Waals surface area contributed by atoms with E-state index in [2.05, 4.69) is 4.84 Å². The van der Waals surface area contributed by atoms with Crippen LogP contribution >= 0.6 is 0 Å². The summed E-state index contributed by atoms with van der Waals surface area (Å²) in [5.41, 5.74) is -6.46. The first kappa shape index (κ1) is 40.4. The lowest BCUT2D eigenvalue weighted by atomic mass is 9.44. The van der Waals surface area contributed by atoms with E-state index in [1.807, 2.05) is 0 Å². The molecule has 3 saturated carbocycles. The summed E-state index contributed by atoms with van der Waals surface area (Å²) in [7, 11) is 0. The topological polar surface area (TPSA) is 187 Å². The van der Waals surface area contributed by atoms with Gasteiger partial charge >= 0.3 is 12.1 Å². The molecule has 1 heterocycles. The highest BCUT2D eigenvalue weighted by Gasteiger charge is 2.80. The van der Waals surface area contributed by atoms with E-state index >= 15 is 8.78 Å². The molecule has 16 heteroatoms. The molecule has 6 rings (SSSR count). The van der Waals surface area contributed by atoms with Gasteiger partial charge in [-0.2, -0.15) is 0 Å². The van der Waals surface area contributed by atoms with Crippen molar-refractivity contribution in [2.24, 2.45) is 22.7 Å². The number of carbonyl (C=O) groups excluding carboxylic acids is 4. The minimum atomic E-state index is -2.37. The van der Waals surface area contributed by atoms with E-state index in [1.54, 1.807) is 27.7 Å². The number of allylic oxidation sites excluding steroid dienone is 4. The first-order valence-corrected chi connectivity index (χ1v) is 18.6. The van der Waals surface area contributed by atoms with Gasteiger partial charge in [-0.3, -0.25) is 9.59 Å². The lowest BCUT2D eigenvalue weighted by Crippen LogP contribution is -2.71. The second-order valence-electron chi connectivity index (χ2n) is 16.1. The Hall–Kier alpha value is -4.28. The van der Waals surface area contributed by atoms with E-state index in [0.717, 1.165) is 6.08 Å². The summed E-state index contributed by atoms with van der Waals surface area (Å²) >= 11 is 0. The summed E-state index contributed by atoms with van der Waals surface area (Å²) in [5.74, 6) is -4.73. The van der Waals surface area contributed by atoms with Gasteiger partial charge in [0.1, 0.15) is 11.9 Å². The largest absolute Gasteiger partial charge is 0.514 e. The molecule has 300 valence electrons. The molecule has 0 spiro atoms. The molecule has 1 saturated heterocycles. The maximum absolute atomic E-state index is 17.7. The van der Waals surface area contributed by atoms with Crippen LogP contribution < -0.4 is 4.74 Å². The Labute approximate surface area is 316 Å². The summed E-state index contributed by atoms with van der Waals surface area (Å²) in [6.07, 6.45) is 0.101. The van der Waals surface area contributed by atoms with Crippen LogP contribution in [0.2, 0.25) is 0 Å². The van der Waals surface area contributed by atoms with Crippen LogP contribution in [-0.4, -0.2) is 89.1 Å². The third-order valence-corrected chi connectivity index (χ3v) is 12.4. The zero-order valence-corrected chi connectivity index (χ0v) is 31.5. The van der Waals surface area contributed by atoms with Gasteiger partial charge in [0.15, 0.2) is 29.4 Å². The Morgan fingerprint density at radius 1 is 1.04 bits per heavy atom. The number of halogens is 2. The average Bonchev–Trinajstić information content (AvgIpc) is 3.52. The highest BCUT2D eigenvalue weighted by molar-refractivity contribution is 6.01. The molecule has 0 amide bonds. The molecule has 9 atom stereocenters. The Bertz CT molecular complexity index is 1810. The predicted molar refractivity (Wildman–Crippen MR) is 187 cm³/mol. The summed E-state index contributed by atoms with van der Waals surface area (Å²) in [5, 5.41) is 21.1. The van der Waals surface area contributed by atoms with Crippen molar-refractivity contribution < 1.29 is 66.7 Å². The van der Waals surface area contributed by atoms with Crippen molar-refractivity contribution in [3.63, 3.8) is 0 Å². The number of aliphatic hydroxyl groups is 1. The second kappa shape index (κ2) is 14.7. The number of unbranched alkanes of at least 4 members (excludes halogenated alkanes) is 3.